The molecule has 3 rings (SSSR count). The molecule has 0 aliphatic carbocycles. The van der Waals surface area contributed by atoms with Gasteiger partial charge < -0.3 is 9.47 Å². The number of esters is 1. The molecule has 1 aromatic carbocycles. The Morgan fingerprint density at radius 2 is 2.26 bits per heavy atom. The number of aliphatic imine (C=N–C) groups is 1. The van der Waals surface area contributed by atoms with E-state index in [1.807, 2.05) is 31.2 Å². The van der Waals surface area contributed by atoms with E-state index in [0.717, 1.165) is 16.9 Å². The van der Waals surface area contributed by atoms with Gasteiger partial charge in [-0.05, 0) is 26.0 Å². The van der Waals surface area contributed by atoms with Gasteiger partial charge in [-0.2, -0.15) is 0 Å². The van der Waals surface area contributed by atoms with Crippen molar-refractivity contribution >= 4 is 11.7 Å². The largest absolute Gasteiger partial charge is 0.489 e. The van der Waals surface area contributed by atoms with E-state index in [1.54, 1.807) is 13.0 Å². The Hall–Kier alpha value is -2.10. The Morgan fingerprint density at radius 1 is 1.47 bits per heavy atom. The van der Waals surface area contributed by atoms with Gasteiger partial charge in [0.15, 0.2) is 0 Å². The van der Waals surface area contributed by atoms with Crippen LogP contribution in [0.4, 0.5) is 0 Å². The summed E-state index contributed by atoms with van der Waals surface area (Å²) in [5.74, 6) is 0.458. The third-order valence-corrected chi connectivity index (χ3v) is 3.56. The lowest BCUT2D eigenvalue weighted by Gasteiger charge is -2.32. The van der Waals surface area contributed by atoms with Crippen LogP contribution in [0, 0.1) is 0 Å². The smallest absolute Gasteiger partial charge is 0.356 e. The average molecular weight is 257 g/mol. The monoisotopic (exact) mass is 257 g/mol. The Balaban J connectivity index is 2.05. The van der Waals surface area contributed by atoms with Gasteiger partial charge in [-0.15, -0.1) is 0 Å². The zero-order valence-corrected chi connectivity index (χ0v) is 11.0. The van der Waals surface area contributed by atoms with Crippen LogP contribution in [-0.4, -0.2) is 24.9 Å². The average Bonchev–Trinajstić information content (AvgIpc) is 2.77. The Morgan fingerprint density at radius 3 is 3.05 bits per heavy atom. The van der Waals surface area contributed by atoms with Crippen molar-refractivity contribution in [2.75, 3.05) is 13.2 Å². The maximum atomic E-state index is 11.8. The molecular weight excluding hydrogens is 242 g/mol. The van der Waals surface area contributed by atoms with Crippen LogP contribution < -0.4 is 4.74 Å². The molecule has 0 saturated carbocycles. The molecule has 19 heavy (non-hydrogen) atoms. The standard InChI is InChI=1S/C15H15NO3/c1-3-18-14(17)12-8-10-9-19-13-7-5-4-6-11(13)15(10,2)16-12/h4-8H,3,9H2,1-2H3. The van der Waals surface area contributed by atoms with Gasteiger partial charge in [0.1, 0.15) is 23.6 Å². The van der Waals surface area contributed by atoms with Gasteiger partial charge in [0.05, 0.1) is 6.61 Å². The predicted octanol–water partition coefficient (Wildman–Crippen LogP) is 2.24. The molecule has 0 N–H and O–H groups in total. The first kappa shape index (κ1) is 12.0. The first-order valence-electron chi connectivity index (χ1n) is 6.35. The zero-order valence-electron chi connectivity index (χ0n) is 11.0. The topological polar surface area (TPSA) is 47.9 Å². The molecule has 0 amide bonds. The number of nitrogens with zero attached hydrogens (tertiary/aromatic N) is 1. The van der Waals surface area contributed by atoms with Gasteiger partial charge >= 0.3 is 5.97 Å². The van der Waals surface area contributed by atoms with E-state index >= 15 is 0 Å². The molecule has 0 fully saturated rings. The number of rotatable bonds is 2. The number of hydrogen-bond donors (Lipinski definition) is 0. The van der Waals surface area contributed by atoms with Gasteiger partial charge in [0.25, 0.3) is 0 Å². The number of carbonyl (C=O) groups excluding carboxylic acids is 1. The number of carbonyl (C=O) groups is 1. The van der Waals surface area contributed by atoms with Gasteiger partial charge in [-0.25, -0.2) is 4.79 Å². The highest BCUT2D eigenvalue weighted by molar-refractivity contribution is 6.42. The second kappa shape index (κ2) is 4.23. The summed E-state index contributed by atoms with van der Waals surface area (Å²) < 4.78 is 10.7. The van der Waals surface area contributed by atoms with E-state index in [0.29, 0.717) is 18.9 Å². The minimum atomic E-state index is -0.503. The minimum absolute atomic E-state index is 0.352. The van der Waals surface area contributed by atoms with Crippen molar-refractivity contribution in [1.29, 1.82) is 0 Å². The number of hydrogen-bond acceptors (Lipinski definition) is 4. The third kappa shape index (κ3) is 1.75. The van der Waals surface area contributed by atoms with E-state index in [1.165, 1.54) is 0 Å². The van der Waals surface area contributed by atoms with Crippen LogP contribution in [0.3, 0.4) is 0 Å². The fraction of sp³-hybridized carbons (Fsp3) is 0.333. The van der Waals surface area contributed by atoms with Crippen molar-refractivity contribution in [2.45, 2.75) is 19.4 Å². The highest BCUT2D eigenvalue weighted by Crippen LogP contribution is 2.45. The summed E-state index contributed by atoms with van der Waals surface area (Å²) in [6, 6.07) is 7.80. The molecule has 1 atom stereocenters. The summed E-state index contributed by atoms with van der Waals surface area (Å²) in [5.41, 5.74) is 1.86. The van der Waals surface area contributed by atoms with Crippen LogP contribution >= 0.6 is 0 Å². The normalized spacial score (nSPS) is 23.7. The zero-order chi connectivity index (χ0) is 13.5. The lowest BCUT2D eigenvalue weighted by molar-refractivity contribution is -0.134. The quantitative estimate of drug-likeness (QED) is 0.763. The van der Waals surface area contributed by atoms with Crippen molar-refractivity contribution in [1.82, 2.24) is 0 Å². The highest BCUT2D eigenvalue weighted by Gasteiger charge is 2.42. The van der Waals surface area contributed by atoms with Crippen molar-refractivity contribution < 1.29 is 14.3 Å². The van der Waals surface area contributed by atoms with Crippen LogP contribution in [0.1, 0.15) is 19.4 Å². The van der Waals surface area contributed by atoms with Crippen LogP contribution in [0.15, 0.2) is 40.9 Å². The van der Waals surface area contributed by atoms with Crippen molar-refractivity contribution in [3.8, 4) is 5.75 Å². The fourth-order valence-electron chi connectivity index (χ4n) is 2.53. The molecule has 0 spiro atoms. The first-order chi connectivity index (χ1) is 9.15. The summed E-state index contributed by atoms with van der Waals surface area (Å²) in [6.07, 6.45) is 1.79. The molecule has 1 aromatic rings. The van der Waals surface area contributed by atoms with Crippen molar-refractivity contribution in [3.63, 3.8) is 0 Å². The molecule has 0 bridgehead atoms. The Labute approximate surface area is 111 Å². The van der Waals surface area contributed by atoms with Gasteiger partial charge in [0.2, 0.25) is 0 Å². The molecule has 0 saturated heterocycles. The molecule has 4 heteroatoms. The number of benzene rings is 1. The van der Waals surface area contributed by atoms with Crippen LogP contribution in [0.25, 0.3) is 0 Å². The molecule has 2 aliphatic rings. The highest BCUT2D eigenvalue weighted by atomic mass is 16.5. The molecule has 4 nitrogen and oxygen atoms in total. The predicted molar refractivity (Wildman–Crippen MR) is 71.4 cm³/mol. The summed E-state index contributed by atoms with van der Waals surface area (Å²) >= 11 is 0. The number of ether oxygens (including phenoxy) is 2. The lowest BCUT2D eigenvalue weighted by Crippen LogP contribution is -2.29. The maximum Gasteiger partial charge on any atom is 0.356 e. The molecule has 2 aliphatic heterocycles. The van der Waals surface area contributed by atoms with Gasteiger partial charge in [0, 0.05) is 11.1 Å². The fourth-order valence-corrected chi connectivity index (χ4v) is 2.53. The Bertz CT molecular complexity index is 603. The van der Waals surface area contributed by atoms with E-state index in [-0.39, 0.29) is 5.97 Å². The molecular formula is C15H15NO3. The molecule has 2 heterocycles. The van der Waals surface area contributed by atoms with Crippen LogP contribution in [0.2, 0.25) is 0 Å². The first-order valence-corrected chi connectivity index (χ1v) is 6.35. The summed E-state index contributed by atoms with van der Waals surface area (Å²) in [7, 11) is 0. The SMILES string of the molecule is CCOC(=O)C1=NC2(C)C(=C1)COc1ccccc12. The molecule has 0 radical (unpaired) electrons. The number of fused-ring (bicyclic) bond motifs is 3. The second-order valence-corrected chi connectivity index (χ2v) is 4.74. The van der Waals surface area contributed by atoms with E-state index in [9.17, 15) is 4.79 Å². The molecule has 98 valence electrons. The Kier molecular flexibility index (Phi) is 2.66. The summed E-state index contributed by atoms with van der Waals surface area (Å²) in [6.45, 7) is 4.60. The van der Waals surface area contributed by atoms with E-state index < -0.39 is 5.54 Å². The van der Waals surface area contributed by atoms with E-state index in [4.69, 9.17) is 9.47 Å². The molecule has 1 unspecified atom stereocenters. The third-order valence-electron chi connectivity index (χ3n) is 3.56. The van der Waals surface area contributed by atoms with Gasteiger partial charge in [-0.3, -0.25) is 4.99 Å². The van der Waals surface area contributed by atoms with Crippen molar-refractivity contribution in [2.24, 2.45) is 4.99 Å². The van der Waals surface area contributed by atoms with Gasteiger partial charge in [-0.1, -0.05) is 18.2 Å². The summed E-state index contributed by atoms with van der Waals surface area (Å²) in [5, 5.41) is 0. The van der Waals surface area contributed by atoms with Crippen molar-refractivity contribution in [3.05, 3.63) is 41.5 Å². The van der Waals surface area contributed by atoms with Crippen LogP contribution in [-0.2, 0) is 15.1 Å². The second-order valence-electron chi connectivity index (χ2n) is 4.74. The lowest BCUT2D eigenvalue weighted by atomic mass is 9.84. The van der Waals surface area contributed by atoms with E-state index in [2.05, 4.69) is 4.99 Å². The number of para-hydroxylation sites is 1. The maximum absolute atomic E-state index is 11.8. The molecule has 0 aromatic heterocycles. The summed E-state index contributed by atoms with van der Waals surface area (Å²) in [4.78, 5) is 16.4. The minimum Gasteiger partial charge on any atom is -0.489 e. The van der Waals surface area contributed by atoms with Crippen LogP contribution in [0.5, 0.6) is 5.75 Å².